The van der Waals surface area contributed by atoms with Gasteiger partial charge in [-0.1, -0.05) is 48.5 Å². The highest BCUT2D eigenvalue weighted by Crippen LogP contribution is 2.31. The second kappa shape index (κ2) is 11.0. The molecule has 1 atom stereocenters. The number of ether oxygens (including phenoxy) is 1. The van der Waals surface area contributed by atoms with E-state index < -0.39 is 0 Å². The summed E-state index contributed by atoms with van der Waals surface area (Å²) in [6.45, 7) is 2.10. The van der Waals surface area contributed by atoms with E-state index in [1.54, 1.807) is 24.3 Å². The highest BCUT2D eigenvalue weighted by atomic mass is 32.1. The molecule has 3 aromatic rings. The Morgan fingerprint density at radius 3 is 2.35 bits per heavy atom. The Hall–Kier alpha value is -3.58. The van der Waals surface area contributed by atoms with E-state index in [1.165, 1.54) is 0 Å². The van der Waals surface area contributed by atoms with Crippen LogP contribution in [0.5, 0.6) is 11.5 Å². The molecule has 1 aliphatic rings. The van der Waals surface area contributed by atoms with Crippen molar-refractivity contribution in [1.29, 1.82) is 0 Å². The van der Waals surface area contributed by atoms with Gasteiger partial charge in [0.15, 0.2) is 16.6 Å². The molecule has 1 heterocycles. The number of aromatic hydroxyl groups is 2. The number of hydrogen-bond acceptors (Lipinski definition) is 5. The summed E-state index contributed by atoms with van der Waals surface area (Å²) in [5, 5.41) is 23.5. The number of phenolic OH excluding ortho intramolecular Hbond substituents is 2. The van der Waals surface area contributed by atoms with Crippen LogP contribution in [0.25, 0.3) is 0 Å². The first-order valence-electron chi connectivity index (χ1n) is 11.3. The molecular formula is C27H28N2O4S. The fourth-order valence-electron chi connectivity index (χ4n) is 4.09. The fourth-order valence-corrected chi connectivity index (χ4v) is 4.33. The number of nitrogens with zero attached hydrogens (tertiary/aromatic N) is 1. The van der Waals surface area contributed by atoms with Crippen LogP contribution in [-0.2, 0) is 24.1 Å². The molecule has 6 nitrogen and oxygen atoms in total. The van der Waals surface area contributed by atoms with Gasteiger partial charge in [-0.2, -0.15) is 0 Å². The number of thiocarbonyl (C=S) groups is 1. The summed E-state index contributed by atoms with van der Waals surface area (Å²) in [7, 11) is 0. The average Bonchev–Trinajstić information content (AvgIpc) is 2.86. The third-order valence-electron chi connectivity index (χ3n) is 5.97. The van der Waals surface area contributed by atoms with Crippen molar-refractivity contribution < 1.29 is 19.7 Å². The second-order valence-electron chi connectivity index (χ2n) is 8.49. The summed E-state index contributed by atoms with van der Waals surface area (Å²) in [6, 6.07) is 22.3. The van der Waals surface area contributed by atoms with Crippen molar-refractivity contribution in [2.75, 3.05) is 19.7 Å². The Morgan fingerprint density at radius 1 is 1.00 bits per heavy atom. The van der Waals surface area contributed by atoms with Gasteiger partial charge in [0.2, 0.25) is 0 Å². The van der Waals surface area contributed by atoms with E-state index in [2.05, 4.69) is 17.4 Å². The zero-order valence-electron chi connectivity index (χ0n) is 18.8. The number of esters is 1. The van der Waals surface area contributed by atoms with Gasteiger partial charge < -0.3 is 25.2 Å². The molecule has 34 heavy (non-hydrogen) atoms. The molecule has 1 unspecified atom stereocenters. The van der Waals surface area contributed by atoms with Crippen molar-refractivity contribution in [2.45, 2.75) is 19.4 Å². The maximum absolute atomic E-state index is 12.4. The third kappa shape index (κ3) is 6.05. The van der Waals surface area contributed by atoms with Crippen LogP contribution in [0.4, 0.5) is 0 Å². The Labute approximate surface area is 204 Å². The monoisotopic (exact) mass is 476 g/mol. The van der Waals surface area contributed by atoms with E-state index >= 15 is 0 Å². The lowest BCUT2D eigenvalue weighted by molar-refractivity contribution is 0.0440. The van der Waals surface area contributed by atoms with E-state index in [-0.39, 0.29) is 30.0 Å². The molecule has 0 saturated heterocycles. The Balaban J connectivity index is 1.37. The fraction of sp³-hybridized carbons (Fsp3) is 0.259. The highest BCUT2D eigenvalue weighted by Gasteiger charge is 2.21. The van der Waals surface area contributed by atoms with Crippen molar-refractivity contribution >= 4 is 23.3 Å². The van der Waals surface area contributed by atoms with Gasteiger partial charge in [-0.25, -0.2) is 4.79 Å². The SMILES string of the molecule is O=C(OCC(CNC(=S)N1CCc2cc(O)c(O)cc2C1)Cc1ccccc1)c1ccccc1. The number of rotatable bonds is 7. The van der Waals surface area contributed by atoms with Gasteiger partial charge in [0.1, 0.15) is 0 Å². The summed E-state index contributed by atoms with van der Waals surface area (Å²) in [5.41, 5.74) is 3.66. The lowest BCUT2D eigenvalue weighted by atomic mass is 9.99. The topological polar surface area (TPSA) is 82.0 Å². The summed E-state index contributed by atoms with van der Waals surface area (Å²) in [5.74, 6) is -0.521. The molecule has 176 valence electrons. The normalized spacial score (nSPS) is 13.6. The van der Waals surface area contributed by atoms with Crippen LogP contribution >= 0.6 is 12.2 Å². The summed E-state index contributed by atoms with van der Waals surface area (Å²) >= 11 is 5.65. The van der Waals surface area contributed by atoms with Gasteiger partial charge in [0.25, 0.3) is 0 Å². The minimum absolute atomic E-state index is 0.0334. The van der Waals surface area contributed by atoms with Crippen LogP contribution < -0.4 is 5.32 Å². The number of nitrogens with one attached hydrogen (secondary N) is 1. The molecule has 4 rings (SSSR count). The van der Waals surface area contributed by atoms with Crippen LogP contribution in [0.3, 0.4) is 0 Å². The minimum atomic E-state index is -0.336. The Morgan fingerprint density at radius 2 is 1.65 bits per heavy atom. The Kier molecular flexibility index (Phi) is 7.65. The first-order chi connectivity index (χ1) is 16.5. The van der Waals surface area contributed by atoms with Crippen LogP contribution in [0.1, 0.15) is 27.0 Å². The zero-order chi connectivity index (χ0) is 23.9. The van der Waals surface area contributed by atoms with Gasteiger partial charge in [-0.3, -0.25) is 0 Å². The number of phenols is 2. The molecule has 0 aliphatic carbocycles. The van der Waals surface area contributed by atoms with Crippen molar-refractivity contribution in [3.05, 3.63) is 95.1 Å². The van der Waals surface area contributed by atoms with E-state index in [0.717, 1.165) is 36.1 Å². The van der Waals surface area contributed by atoms with Crippen LogP contribution in [-0.4, -0.2) is 45.9 Å². The summed E-state index contributed by atoms with van der Waals surface area (Å²) < 4.78 is 5.62. The smallest absolute Gasteiger partial charge is 0.338 e. The minimum Gasteiger partial charge on any atom is -0.504 e. The quantitative estimate of drug-likeness (QED) is 0.270. The van der Waals surface area contributed by atoms with Crippen molar-refractivity contribution in [1.82, 2.24) is 10.2 Å². The number of benzene rings is 3. The number of fused-ring (bicyclic) bond motifs is 1. The predicted octanol–water partition coefficient (Wildman–Crippen LogP) is 4.05. The third-order valence-corrected chi connectivity index (χ3v) is 6.37. The molecule has 0 fully saturated rings. The van der Waals surface area contributed by atoms with Gasteiger partial charge in [-0.15, -0.1) is 0 Å². The van der Waals surface area contributed by atoms with E-state index in [0.29, 0.717) is 23.8 Å². The first-order valence-corrected chi connectivity index (χ1v) is 11.7. The van der Waals surface area contributed by atoms with Gasteiger partial charge in [0.05, 0.1) is 12.2 Å². The van der Waals surface area contributed by atoms with Crippen LogP contribution in [0, 0.1) is 5.92 Å². The van der Waals surface area contributed by atoms with E-state index in [4.69, 9.17) is 17.0 Å². The molecule has 3 aromatic carbocycles. The lowest BCUT2D eigenvalue weighted by Gasteiger charge is -2.32. The van der Waals surface area contributed by atoms with E-state index in [1.807, 2.05) is 41.3 Å². The maximum atomic E-state index is 12.4. The largest absolute Gasteiger partial charge is 0.504 e. The van der Waals surface area contributed by atoms with Crippen molar-refractivity contribution in [3.8, 4) is 11.5 Å². The number of hydrogen-bond donors (Lipinski definition) is 3. The molecule has 0 saturated carbocycles. The average molecular weight is 477 g/mol. The zero-order valence-corrected chi connectivity index (χ0v) is 19.6. The van der Waals surface area contributed by atoms with Gasteiger partial charge in [-0.05, 0) is 66.0 Å². The number of carbonyl (C=O) groups excluding carboxylic acids is 1. The molecular weight excluding hydrogens is 448 g/mol. The molecule has 7 heteroatoms. The van der Waals surface area contributed by atoms with Crippen molar-refractivity contribution in [2.24, 2.45) is 5.92 Å². The van der Waals surface area contributed by atoms with E-state index in [9.17, 15) is 15.0 Å². The van der Waals surface area contributed by atoms with Gasteiger partial charge in [0, 0.05) is 25.6 Å². The number of carbonyl (C=O) groups is 1. The second-order valence-corrected chi connectivity index (χ2v) is 8.87. The summed E-state index contributed by atoms with van der Waals surface area (Å²) in [4.78, 5) is 14.5. The Bertz CT molecular complexity index is 1140. The predicted molar refractivity (Wildman–Crippen MR) is 135 cm³/mol. The summed E-state index contributed by atoms with van der Waals surface area (Å²) in [6.07, 6.45) is 1.47. The van der Waals surface area contributed by atoms with Gasteiger partial charge >= 0.3 is 5.97 Å². The van der Waals surface area contributed by atoms with Crippen LogP contribution in [0.15, 0.2) is 72.8 Å². The molecule has 0 amide bonds. The van der Waals surface area contributed by atoms with Crippen molar-refractivity contribution in [3.63, 3.8) is 0 Å². The molecule has 3 N–H and O–H groups in total. The highest BCUT2D eigenvalue weighted by molar-refractivity contribution is 7.80. The standard InChI is InChI=1S/C27H28N2O4S/c30-24-14-22-11-12-29(17-23(22)15-25(24)31)27(34)28-16-20(13-19-7-3-1-4-8-19)18-33-26(32)21-9-5-2-6-10-21/h1-10,14-15,20,30-31H,11-13,16-18H2,(H,28,34). The molecule has 0 radical (unpaired) electrons. The molecule has 0 bridgehead atoms. The van der Waals surface area contributed by atoms with Crippen LogP contribution in [0.2, 0.25) is 0 Å². The first kappa shape index (κ1) is 23.6. The lowest BCUT2D eigenvalue weighted by Crippen LogP contribution is -2.44. The molecule has 0 spiro atoms. The molecule has 0 aromatic heterocycles. The molecule has 1 aliphatic heterocycles. The maximum Gasteiger partial charge on any atom is 0.338 e.